The summed E-state index contributed by atoms with van der Waals surface area (Å²) >= 11 is 1.70. The Morgan fingerprint density at radius 2 is 2.04 bits per heavy atom. The Hall–Kier alpha value is -0.550. The van der Waals surface area contributed by atoms with Gasteiger partial charge in [-0.2, -0.15) is 13.2 Å². The third-order valence-corrected chi connectivity index (χ3v) is 4.89. The number of likely N-dealkylation sites (tertiary alicyclic amines) is 1. The summed E-state index contributed by atoms with van der Waals surface area (Å²) in [5.74, 6) is 0.447. The number of hydrogen-bond donors (Lipinski definition) is 2. The number of guanidine groups is 1. The van der Waals surface area contributed by atoms with Crippen molar-refractivity contribution in [1.82, 2.24) is 15.5 Å². The second kappa shape index (κ2) is 11.2. The number of hydrogen-bond acceptors (Lipinski definition) is 3. The normalized spacial score (nSPS) is 17.2. The molecule has 144 valence electrons. The molecule has 0 aliphatic carbocycles. The first-order chi connectivity index (χ1) is 11.5. The van der Waals surface area contributed by atoms with E-state index < -0.39 is 12.6 Å². The molecule has 4 nitrogen and oxygen atoms in total. The minimum absolute atomic E-state index is 0. The Balaban J connectivity index is 0.00000312. The van der Waals surface area contributed by atoms with Crippen LogP contribution in [0, 0.1) is 0 Å². The molecule has 2 N–H and O–H groups in total. The summed E-state index contributed by atoms with van der Waals surface area (Å²) in [7, 11) is 0. The monoisotopic (exact) mass is 490 g/mol. The fourth-order valence-electron chi connectivity index (χ4n) is 2.76. The zero-order valence-electron chi connectivity index (χ0n) is 14.3. The van der Waals surface area contributed by atoms with E-state index in [1.165, 1.54) is 17.7 Å². The van der Waals surface area contributed by atoms with Gasteiger partial charge in [0, 0.05) is 18.0 Å². The number of nitrogens with one attached hydrogen (secondary N) is 2. The maximum Gasteiger partial charge on any atom is 0.390 e. The van der Waals surface area contributed by atoms with Gasteiger partial charge >= 0.3 is 6.18 Å². The Bertz CT molecular complexity index is 502. The van der Waals surface area contributed by atoms with Gasteiger partial charge in [0.15, 0.2) is 5.96 Å². The number of halogens is 4. The van der Waals surface area contributed by atoms with Crippen molar-refractivity contribution < 1.29 is 13.2 Å². The molecule has 1 atom stereocenters. The lowest BCUT2D eigenvalue weighted by Gasteiger charge is -2.25. The summed E-state index contributed by atoms with van der Waals surface area (Å²) < 4.78 is 36.9. The SMILES string of the molecule is CCNC(=NCC(c1cccs1)N1CCCC1)NCCC(F)(F)F.I. The molecular formula is C16H26F3IN4S. The average molecular weight is 490 g/mol. The van der Waals surface area contributed by atoms with Gasteiger partial charge < -0.3 is 10.6 Å². The first kappa shape index (κ1) is 22.5. The molecule has 1 fully saturated rings. The van der Waals surface area contributed by atoms with Gasteiger partial charge in [-0.15, -0.1) is 35.3 Å². The number of aliphatic imine (C=N–C) groups is 1. The van der Waals surface area contributed by atoms with Gasteiger partial charge in [-0.3, -0.25) is 9.89 Å². The molecule has 2 heterocycles. The molecule has 1 unspecified atom stereocenters. The van der Waals surface area contributed by atoms with E-state index in [1.54, 1.807) is 11.3 Å². The zero-order chi connectivity index (χ0) is 17.4. The van der Waals surface area contributed by atoms with E-state index in [4.69, 9.17) is 0 Å². The Morgan fingerprint density at radius 1 is 1.32 bits per heavy atom. The number of thiophene rings is 1. The highest BCUT2D eigenvalue weighted by Crippen LogP contribution is 2.28. The predicted molar refractivity (Wildman–Crippen MR) is 108 cm³/mol. The van der Waals surface area contributed by atoms with Crippen molar-refractivity contribution in [3.63, 3.8) is 0 Å². The van der Waals surface area contributed by atoms with Crippen LogP contribution in [0.15, 0.2) is 22.5 Å². The molecule has 9 heteroatoms. The van der Waals surface area contributed by atoms with Crippen LogP contribution >= 0.6 is 35.3 Å². The summed E-state index contributed by atoms with van der Waals surface area (Å²) in [5, 5.41) is 7.84. The second-order valence-corrected chi connectivity index (χ2v) is 6.77. The maximum absolute atomic E-state index is 12.3. The molecule has 1 aliphatic heterocycles. The van der Waals surface area contributed by atoms with Crippen molar-refractivity contribution in [3.8, 4) is 0 Å². The van der Waals surface area contributed by atoms with Crippen molar-refractivity contribution in [3.05, 3.63) is 22.4 Å². The van der Waals surface area contributed by atoms with E-state index in [2.05, 4.69) is 32.0 Å². The molecule has 2 rings (SSSR count). The molecular weight excluding hydrogens is 464 g/mol. The van der Waals surface area contributed by atoms with E-state index in [9.17, 15) is 13.2 Å². The fraction of sp³-hybridized carbons (Fsp3) is 0.688. The van der Waals surface area contributed by atoms with Crippen LogP contribution in [0.4, 0.5) is 13.2 Å². The molecule has 0 spiro atoms. The van der Waals surface area contributed by atoms with E-state index in [-0.39, 0.29) is 36.6 Å². The molecule has 1 saturated heterocycles. The van der Waals surface area contributed by atoms with Crippen LogP contribution in [-0.2, 0) is 0 Å². The van der Waals surface area contributed by atoms with Gasteiger partial charge in [0.05, 0.1) is 19.0 Å². The molecule has 0 aromatic carbocycles. The number of nitrogens with zero attached hydrogens (tertiary/aromatic N) is 2. The summed E-state index contributed by atoms with van der Waals surface area (Å²) in [4.78, 5) is 8.19. The highest BCUT2D eigenvalue weighted by molar-refractivity contribution is 14.0. The summed E-state index contributed by atoms with van der Waals surface area (Å²) in [6.07, 6.45) is -2.64. The van der Waals surface area contributed by atoms with Gasteiger partial charge in [-0.05, 0) is 44.3 Å². The molecule has 0 saturated carbocycles. The average Bonchev–Trinajstić information content (AvgIpc) is 3.20. The van der Waals surface area contributed by atoms with Crippen molar-refractivity contribution in [2.75, 3.05) is 32.7 Å². The minimum Gasteiger partial charge on any atom is -0.357 e. The standard InChI is InChI=1S/C16H25F3N4S.HI/c1-2-20-15(21-8-7-16(17,18)19)22-12-13(14-6-5-11-24-14)23-9-3-4-10-23;/h5-6,11,13H,2-4,7-10,12H2,1H3,(H2,20,21,22);1H. The van der Waals surface area contributed by atoms with E-state index >= 15 is 0 Å². The molecule has 0 bridgehead atoms. The third kappa shape index (κ3) is 8.12. The lowest BCUT2D eigenvalue weighted by atomic mass is 10.2. The van der Waals surface area contributed by atoms with Crippen LogP contribution in [0.25, 0.3) is 0 Å². The fourth-order valence-corrected chi connectivity index (χ4v) is 3.61. The number of alkyl halides is 3. The van der Waals surface area contributed by atoms with E-state index in [1.807, 2.05) is 13.0 Å². The van der Waals surface area contributed by atoms with Crippen molar-refractivity contribution in [1.29, 1.82) is 0 Å². The van der Waals surface area contributed by atoms with Crippen LogP contribution in [0.1, 0.15) is 37.1 Å². The third-order valence-electron chi connectivity index (χ3n) is 3.92. The summed E-state index contributed by atoms with van der Waals surface area (Å²) in [6, 6.07) is 4.33. The molecule has 0 amide bonds. The Labute approximate surface area is 168 Å². The van der Waals surface area contributed by atoms with Gasteiger partial charge in [0.25, 0.3) is 0 Å². The predicted octanol–water partition coefficient (Wildman–Crippen LogP) is 4.01. The smallest absolute Gasteiger partial charge is 0.357 e. The summed E-state index contributed by atoms with van der Waals surface area (Å²) in [6.45, 7) is 5.00. The molecule has 0 radical (unpaired) electrons. The molecule has 1 aromatic heterocycles. The lowest BCUT2D eigenvalue weighted by Crippen LogP contribution is -2.39. The highest BCUT2D eigenvalue weighted by atomic mass is 127. The zero-order valence-corrected chi connectivity index (χ0v) is 17.5. The molecule has 1 aliphatic rings. The molecule has 25 heavy (non-hydrogen) atoms. The van der Waals surface area contributed by atoms with Crippen molar-refractivity contribution >= 4 is 41.3 Å². The lowest BCUT2D eigenvalue weighted by molar-refractivity contribution is -0.132. The van der Waals surface area contributed by atoms with Crippen molar-refractivity contribution in [2.45, 2.75) is 38.4 Å². The van der Waals surface area contributed by atoms with Crippen LogP contribution in [0.2, 0.25) is 0 Å². The molecule has 1 aromatic rings. The van der Waals surface area contributed by atoms with Crippen LogP contribution in [0.3, 0.4) is 0 Å². The van der Waals surface area contributed by atoms with E-state index in [0.29, 0.717) is 19.0 Å². The van der Waals surface area contributed by atoms with Gasteiger partial charge in [-0.1, -0.05) is 6.07 Å². The highest BCUT2D eigenvalue weighted by Gasteiger charge is 2.27. The minimum atomic E-state index is -4.15. The first-order valence-electron chi connectivity index (χ1n) is 8.36. The van der Waals surface area contributed by atoms with E-state index in [0.717, 1.165) is 13.1 Å². The number of rotatable bonds is 7. The van der Waals surface area contributed by atoms with Gasteiger partial charge in [0.1, 0.15) is 0 Å². The quantitative estimate of drug-likeness (QED) is 0.345. The maximum atomic E-state index is 12.3. The first-order valence-corrected chi connectivity index (χ1v) is 9.24. The second-order valence-electron chi connectivity index (χ2n) is 5.79. The van der Waals surface area contributed by atoms with Crippen LogP contribution in [-0.4, -0.2) is 49.8 Å². The van der Waals surface area contributed by atoms with Gasteiger partial charge in [0.2, 0.25) is 0 Å². The summed E-state index contributed by atoms with van der Waals surface area (Å²) in [5.41, 5.74) is 0. The Kier molecular flexibility index (Phi) is 10.1. The topological polar surface area (TPSA) is 39.7 Å². The van der Waals surface area contributed by atoms with Gasteiger partial charge in [-0.25, -0.2) is 0 Å². The van der Waals surface area contributed by atoms with Crippen molar-refractivity contribution in [2.24, 2.45) is 4.99 Å². The Morgan fingerprint density at radius 3 is 2.60 bits per heavy atom. The van der Waals surface area contributed by atoms with Crippen LogP contribution in [0.5, 0.6) is 0 Å². The largest absolute Gasteiger partial charge is 0.390 e. The van der Waals surface area contributed by atoms with Crippen LogP contribution < -0.4 is 10.6 Å².